The standard InChI is InChI=1S/C36H57N7O11/c1-18(2)28(42-34(52)29(19(3)4)41-30(48)22(37)14-20-10-12-21(44)13-11-20)33(51)39-23(15-26(45)43(8)9)31(49)38-24(16-27(46)47)32(50)40-25(35(53)54)17-36(5,6)7/h10-13,18-19,22-25,28-29,44H,14-17,37H2,1-9H3,(H,38,49)(H,39,51)(H,40,50)(H,41,48)(H,42,52)(H,46,47)(H,53,54)/t22-,23-,24-,25-,28-,29-/m0/s1. The summed E-state index contributed by atoms with van der Waals surface area (Å²) >= 11 is 0. The Morgan fingerprint density at radius 3 is 1.52 bits per heavy atom. The highest BCUT2D eigenvalue weighted by atomic mass is 16.4. The molecule has 18 nitrogen and oxygen atoms in total. The first kappa shape index (κ1) is 46.8. The second kappa shape index (κ2) is 20.8. The summed E-state index contributed by atoms with van der Waals surface area (Å²) in [6, 6.07) is -2.28. The van der Waals surface area contributed by atoms with Gasteiger partial charge < -0.3 is 52.5 Å². The topological polar surface area (TPSA) is 287 Å². The number of hydrogen-bond donors (Lipinski definition) is 9. The summed E-state index contributed by atoms with van der Waals surface area (Å²) in [6.07, 6.45) is -1.49. The SMILES string of the molecule is CC(C)[C@H](NC(=O)[C@@H](NC(=O)[C@@H](N)Cc1ccc(O)cc1)C(C)C)C(=O)N[C@@H](CC(=O)N(C)C)C(=O)N[C@@H](CC(=O)O)C(=O)N[C@@H](CC(C)(C)C)C(=O)O. The van der Waals surface area contributed by atoms with E-state index in [-0.39, 0.29) is 18.6 Å². The largest absolute Gasteiger partial charge is 0.508 e. The molecule has 0 unspecified atom stereocenters. The molecule has 1 rings (SSSR count). The number of phenolic OH excluding ortho intramolecular Hbond substituents is 1. The molecular formula is C36H57N7O11. The zero-order chi connectivity index (χ0) is 41.7. The molecule has 0 aromatic heterocycles. The zero-order valence-corrected chi connectivity index (χ0v) is 32.4. The molecule has 302 valence electrons. The van der Waals surface area contributed by atoms with Crippen molar-refractivity contribution in [2.45, 2.75) is 110 Å². The fourth-order valence-electron chi connectivity index (χ4n) is 5.12. The summed E-state index contributed by atoms with van der Waals surface area (Å²) in [7, 11) is 2.80. The molecule has 10 N–H and O–H groups in total. The van der Waals surface area contributed by atoms with Crippen molar-refractivity contribution in [3.8, 4) is 5.75 Å². The van der Waals surface area contributed by atoms with Crippen LogP contribution < -0.4 is 32.3 Å². The molecule has 0 aliphatic carbocycles. The molecule has 0 radical (unpaired) electrons. The molecule has 0 bridgehead atoms. The van der Waals surface area contributed by atoms with Crippen LogP contribution in [0.25, 0.3) is 0 Å². The number of rotatable bonds is 20. The third-order valence-electron chi connectivity index (χ3n) is 8.18. The fraction of sp³-hybridized carbons (Fsp3) is 0.611. The number of aliphatic carboxylic acids is 2. The van der Waals surface area contributed by atoms with Crippen molar-refractivity contribution in [2.24, 2.45) is 23.0 Å². The summed E-state index contributed by atoms with van der Waals surface area (Å²) in [5.41, 5.74) is 6.22. The van der Waals surface area contributed by atoms with E-state index in [1.165, 1.54) is 26.2 Å². The van der Waals surface area contributed by atoms with E-state index in [1.54, 1.807) is 60.6 Å². The minimum absolute atomic E-state index is 0.0197. The van der Waals surface area contributed by atoms with Gasteiger partial charge in [0.25, 0.3) is 0 Å². The Morgan fingerprint density at radius 1 is 0.667 bits per heavy atom. The number of carbonyl (C=O) groups excluding carboxylic acids is 6. The van der Waals surface area contributed by atoms with Crippen LogP contribution in [0.5, 0.6) is 5.75 Å². The van der Waals surface area contributed by atoms with Crippen molar-refractivity contribution in [3.63, 3.8) is 0 Å². The Hall–Kier alpha value is -5.26. The van der Waals surface area contributed by atoms with E-state index in [9.17, 15) is 53.7 Å². The van der Waals surface area contributed by atoms with Gasteiger partial charge in [0.05, 0.1) is 18.9 Å². The lowest BCUT2D eigenvalue weighted by Gasteiger charge is -2.29. The van der Waals surface area contributed by atoms with Crippen molar-refractivity contribution in [3.05, 3.63) is 29.8 Å². The number of benzene rings is 1. The first-order valence-electron chi connectivity index (χ1n) is 17.5. The van der Waals surface area contributed by atoms with E-state index in [1.807, 2.05) is 0 Å². The van der Waals surface area contributed by atoms with Crippen molar-refractivity contribution >= 4 is 47.4 Å². The normalized spacial score (nSPS) is 14.7. The molecule has 0 saturated heterocycles. The minimum Gasteiger partial charge on any atom is -0.508 e. The van der Waals surface area contributed by atoms with Gasteiger partial charge >= 0.3 is 11.9 Å². The van der Waals surface area contributed by atoms with Crippen LogP contribution in [-0.2, 0) is 44.8 Å². The van der Waals surface area contributed by atoms with Gasteiger partial charge in [0.1, 0.15) is 36.0 Å². The maximum atomic E-state index is 13.7. The van der Waals surface area contributed by atoms with Crippen LogP contribution >= 0.6 is 0 Å². The van der Waals surface area contributed by atoms with E-state index in [0.717, 1.165) is 4.90 Å². The van der Waals surface area contributed by atoms with Crippen LogP contribution in [0.2, 0.25) is 0 Å². The first-order chi connectivity index (χ1) is 24.8. The Labute approximate surface area is 315 Å². The van der Waals surface area contributed by atoms with Crippen LogP contribution in [0.15, 0.2) is 24.3 Å². The summed E-state index contributed by atoms with van der Waals surface area (Å²) in [5.74, 6) is -9.04. The number of nitrogens with two attached hydrogens (primary N) is 1. The smallest absolute Gasteiger partial charge is 0.326 e. The molecule has 6 amide bonds. The van der Waals surface area contributed by atoms with Gasteiger partial charge in [-0.3, -0.25) is 33.6 Å². The van der Waals surface area contributed by atoms with E-state index in [0.29, 0.717) is 5.56 Å². The third-order valence-corrected chi connectivity index (χ3v) is 8.18. The van der Waals surface area contributed by atoms with Crippen LogP contribution in [0.1, 0.15) is 73.3 Å². The van der Waals surface area contributed by atoms with Crippen molar-refractivity contribution in [1.29, 1.82) is 0 Å². The van der Waals surface area contributed by atoms with Crippen LogP contribution in [0.4, 0.5) is 0 Å². The Balaban J connectivity index is 3.26. The van der Waals surface area contributed by atoms with E-state index in [2.05, 4.69) is 26.6 Å². The lowest BCUT2D eigenvalue weighted by molar-refractivity contribution is -0.144. The molecule has 0 saturated carbocycles. The second-order valence-electron chi connectivity index (χ2n) is 15.3. The molecule has 0 heterocycles. The van der Waals surface area contributed by atoms with Gasteiger partial charge in [-0.1, -0.05) is 60.6 Å². The van der Waals surface area contributed by atoms with Gasteiger partial charge in [0, 0.05) is 14.1 Å². The molecule has 18 heteroatoms. The summed E-state index contributed by atoms with van der Waals surface area (Å²) in [6.45, 7) is 11.8. The monoisotopic (exact) mass is 763 g/mol. The Bertz CT molecular complexity index is 1510. The third kappa shape index (κ3) is 16.2. The molecule has 6 atom stereocenters. The molecule has 0 spiro atoms. The molecular weight excluding hydrogens is 706 g/mol. The Kier molecular flexibility index (Phi) is 18.0. The maximum absolute atomic E-state index is 13.7. The predicted molar refractivity (Wildman–Crippen MR) is 196 cm³/mol. The van der Waals surface area contributed by atoms with E-state index < -0.39 is 114 Å². The summed E-state index contributed by atoms with van der Waals surface area (Å²) in [5, 5.41) is 40.8. The fourth-order valence-corrected chi connectivity index (χ4v) is 5.12. The van der Waals surface area contributed by atoms with Crippen molar-refractivity contribution in [1.82, 2.24) is 31.5 Å². The summed E-state index contributed by atoms with van der Waals surface area (Å²) < 4.78 is 0. The molecule has 0 aliphatic rings. The lowest BCUT2D eigenvalue weighted by Crippen LogP contribution is -2.61. The molecule has 1 aromatic rings. The number of carboxylic acid groups (broad SMARTS) is 2. The number of carboxylic acids is 2. The van der Waals surface area contributed by atoms with Crippen LogP contribution in [0.3, 0.4) is 0 Å². The highest BCUT2D eigenvalue weighted by molar-refractivity contribution is 5.98. The van der Waals surface area contributed by atoms with Gasteiger partial charge in [-0.05, 0) is 47.8 Å². The number of hydrogen-bond acceptors (Lipinski definition) is 10. The Morgan fingerprint density at radius 2 is 1.09 bits per heavy atom. The first-order valence-corrected chi connectivity index (χ1v) is 17.5. The number of nitrogens with one attached hydrogen (secondary N) is 5. The van der Waals surface area contributed by atoms with Gasteiger partial charge in [-0.2, -0.15) is 0 Å². The number of amides is 6. The highest BCUT2D eigenvalue weighted by Gasteiger charge is 2.36. The zero-order valence-electron chi connectivity index (χ0n) is 32.4. The molecule has 0 aliphatic heterocycles. The van der Waals surface area contributed by atoms with Crippen molar-refractivity contribution < 1.29 is 53.7 Å². The lowest BCUT2D eigenvalue weighted by atomic mass is 9.88. The van der Waals surface area contributed by atoms with Gasteiger partial charge in [-0.25, -0.2) is 4.79 Å². The van der Waals surface area contributed by atoms with Crippen molar-refractivity contribution in [2.75, 3.05) is 14.1 Å². The van der Waals surface area contributed by atoms with Gasteiger partial charge in [-0.15, -0.1) is 0 Å². The number of aromatic hydroxyl groups is 1. The quantitative estimate of drug-likeness (QED) is 0.0811. The minimum atomic E-state index is -1.79. The molecule has 0 fully saturated rings. The van der Waals surface area contributed by atoms with Crippen LogP contribution in [0, 0.1) is 17.3 Å². The molecule has 54 heavy (non-hydrogen) atoms. The van der Waals surface area contributed by atoms with Gasteiger partial charge in [0.2, 0.25) is 35.4 Å². The number of carbonyl (C=O) groups is 8. The van der Waals surface area contributed by atoms with E-state index >= 15 is 0 Å². The number of phenols is 1. The highest BCUT2D eigenvalue weighted by Crippen LogP contribution is 2.21. The summed E-state index contributed by atoms with van der Waals surface area (Å²) in [4.78, 5) is 104. The van der Waals surface area contributed by atoms with E-state index in [4.69, 9.17) is 5.73 Å². The second-order valence-corrected chi connectivity index (χ2v) is 15.3. The average molecular weight is 764 g/mol. The number of nitrogens with zero attached hydrogens (tertiary/aromatic N) is 1. The van der Waals surface area contributed by atoms with Crippen LogP contribution in [-0.4, -0.2) is 118 Å². The van der Waals surface area contributed by atoms with Gasteiger partial charge in [0.15, 0.2) is 0 Å². The molecule has 1 aromatic carbocycles. The maximum Gasteiger partial charge on any atom is 0.326 e. The average Bonchev–Trinajstić information content (AvgIpc) is 3.04. The predicted octanol–water partition coefficient (Wildman–Crippen LogP) is -0.528.